The summed E-state index contributed by atoms with van der Waals surface area (Å²) in [5.74, 6) is 1.49. The number of benzene rings is 2. The lowest BCUT2D eigenvalue weighted by Crippen LogP contribution is -2.07. The molecule has 21 heavy (non-hydrogen) atoms. The fourth-order valence-electron chi connectivity index (χ4n) is 2.18. The van der Waals surface area contributed by atoms with Crippen molar-refractivity contribution in [2.75, 3.05) is 11.9 Å². The van der Waals surface area contributed by atoms with Crippen molar-refractivity contribution in [2.24, 2.45) is 5.92 Å². The summed E-state index contributed by atoms with van der Waals surface area (Å²) in [6, 6.07) is 17.1. The fourth-order valence-corrected chi connectivity index (χ4v) is 2.18. The molecule has 2 aromatic rings. The highest BCUT2D eigenvalue weighted by atomic mass is 16.5. The van der Waals surface area contributed by atoms with Gasteiger partial charge >= 0.3 is 0 Å². The summed E-state index contributed by atoms with van der Waals surface area (Å²) >= 11 is 0. The van der Waals surface area contributed by atoms with E-state index in [1.54, 1.807) is 0 Å². The number of ether oxygens (including phenoxy) is 1. The van der Waals surface area contributed by atoms with Crippen molar-refractivity contribution >= 4 is 5.69 Å². The summed E-state index contributed by atoms with van der Waals surface area (Å²) in [6.45, 7) is 9.35. The van der Waals surface area contributed by atoms with E-state index in [1.807, 2.05) is 12.1 Å². The van der Waals surface area contributed by atoms with Crippen LogP contribution in [0.5, 0.6) is 5.75 Å². The van der Waals surface area contributed by atoms with Gasteiger partial charge in [0.1, 0.15) is 5.75 Å². The quantitative estimate of drug-likeness (QED) is 0.786. The van der Waals surface area contributed by atoms with E-state index in [9.17, 15) is 0 Å². The second kappa shape index (κ2) is 7.16. The summed E-state index contributed by atoms with van der Waals surface area (Å²) in [5.41, 5.74) is 3.68. The first-order valence-corrected chi connectivity index (χ1v) is 7.60. The predicted octanol–water partition coefficient (Wildman–Crippen LogP) is 5.20. The maximum absolute atomic E-state index is 5.72. The average Bonchev–Trinajstić information content (AvgIpc) is 2.45. The van der Waals surface area contributed by atoms with Gasteiger partial charge in [-0.05, 0) is 55.2 Å². The first-order chi connectivity index (χ1) is 10.0. The normalized spacial score (nSPS) is 12.2. The highest BCUT2D eigenvalue weighted by Crippen LogP contribution is 2.22. The molecule has 0 saturated heterocycles. The molecule has 0 saturated carbocycles. The van der Waals surface area contributed by atoms with Gasteiger partial charge in [0, 0.05) is 11.7 Å². The third kappa shape index (κ3) is 4.82. The van der Waals surface area contributed by atoms with Crippen LogP contribution in [0.25, 0.3) is 0 Å². The summed E-state index contributed by atoms with van der Waals surface area (Å²) < 4.78 is 5.72. The molecule has 2 rings (SSSR count). The third-order valence-electron chi connectivity index (χ3n) is 3.36. The van der Waals surface area contributed by atoms with Crippen molar-refractivity contribution in [3.05, 3.63) is 59.7 Å². The average molecular weight is 283 g/mol. The van der Waals surface area contributed by atoms with Gasteiger partial charge in [-0.1, -0.05) is 38.1 Å². The van der Waals surface area contributed by atoms with Gasteiger partial charge in [0.2, 0.25) is 0 Å². The lowest BCUT2D eigenvalue weighted by molar-refractivity contribution is 0.271. The number of hydrogen-bond donors (Lipinski definition) is 1. The summed E-state index contributed by atoms with van der Waals surface area (Å²) in [6.07, 6.45) is 0. The maximum Gasteiger partial charge on any atom is 0.119 e. The molecule has 2 nitrogen and oxygen atoms in total. The van der Waals surface area contributed by atoms with Gasteiger partial charge in [-0.15, -0.1) is 0 Å². The number of aryl methyl sites for hydroxylation is 1. The lowest BCUT2D eigenvalue weighted by Gasteiger charge is -2.17. The Hall–Kier alpha value is -1.96. The SMILES string of the molecule is Cc1cccc(NC(C)c2ccc(OCC(C)C)cc2)c1. The van der Waals surface area contributed by atoms with E-state index < -0.39 is 0 Å². The minimum Gasteiger partial charge on any atom is -0.493 e. The van der Waals surface area contributed by atoms with E-state index in [0.29, 0.717) is 5.92 Å². The predicted molar refractivity (Wildman–Crippen MR) is 90.0 cm³/mol. The maximum atomic E-state index is 5.72. The number of rotatable bonds is 6. The fraction of sp³-hybridized carbons (Fsp3) is 0.368. The Kier molecular flexibility index (Phi) is 5.26. The highest BCUT2D eigenvalue weighted by molar-refractivity contribution is 5.47. The van der Waals surface area contributed by atoms with E-state index in [2.05, 4.69) is 69.4 Å². The number of hydrogen-bond acceptors (Lipinski definition) is 2. The highest BCUT2D eigenvalue weighted by Gasteiger charge is 2.06. The monoisotopic (exact) mass is 283 g/mol. The van der Waals surface area contributed by atoms with Crippen LogP contribution >= 0.6 is 0 Å². The van der Waals surface area contributed by atoms with Gasteiger partial charge in [0.15, 0.2) is 0 Å². The largest absolute Gasteiger partial charge is 0.493 e. The van der Waals surface area contributed by atoms with Crippen LogP contribution in [0.1, 0.15) is 37.9 Å². The van der Waals surface area contributed by atoms with Gasteiger partial charge in [0.05, 0.1) is 6.61 Å². The van der Waals surface area contributed by atoms with Crippen molar-refractivity contribution in [1.29, 1.82) is 0 Å². The Morgan fingerprint density at radius 3 is 2.33 bits per heavy atom. The van der Waals surface area contributed by atoms with Crippen LogP contribution in [0.2, 0.25) is 0 Å². The Labute approximate surface area is 128 Å². The molecule has 0 aromatic heterocycles. The molecule has 0 radical (unpaired) electrons. The first kappa shape index (κ1) is 15.4. The van der Waals surface area contributed by atoms with E-state index >= 15 is 0 Å². The topological polar surface area (TPSA) is 21.3 Å². The molecule has 2 heteroatoms. The molecule has 1 atom stereocenters. The van der Waals surface area contributed by atoms with Gasteiger partial charge in [-0.3, -0.25) is 0 Å². The van der Waals surface area contributed by atoms with Crippen molar-refractivity contribution < 1.29 is 4.74 Å². The zero-order valence-electron chi connectivity index (χ0n) is 13.4. The Morgan fingerprint density at radius 1 is 1.00 bits per heavy atom. The first-order valence-electron chi connectivity index (χ1n) is 7.60. The van der Waals surface area contributed by atoms with Crippen LogP contribution in [0, 0.1) is 12.8 Å². The van der Waals surface area contributed by atoms with Crippen LogP contribution in [0.4, 0.5) is 5.69 Å². The molecule has 0 bridgehead atoms. The molecular formula is C19H25NO. The molecule has 0 aliphatic rings. The van der Waals surface area contributed by atoms with Crippen LogP contribution in [-0.4, -0.2) is 6.61 Å². The summed E-state index contributed by atoms with van der Waals surface area (Å²) in [7, 11) is 0. The molecule has 0 aliphatic heterocycles. The van der Waals surface area contributed by atoms with Crippen LogP contribution < -0.4 is 10.1 Å². The van der Waals surface area contributed by atoms with Crippen molar-refractivity contribution in [2.45, 2.75) is 33.7 Å². The molecule has 0 amide bonds. The zero-order valence-corrected chi connectivity index (χ0v) is 13.4. The van der Waals surface area contributed by atoms with Crippen LogP contribution in [-0.2, 0) is 0 Å². The lowest BCUT2D eigenvalue weighted by atomic mass is 10.1. The smallest absolute Gasteiger partial charge is 0.119 e. The van der Waals surface area contributed by atoms with Crippen molar-refractivity contribution in [1.82, 2.24) is 0 Å². The number of anilines is 1. The van der Waals surface area contributed by atoms with Gasteiger partial charge in [-0.25, -0.2) is 0 Å². The molecular weight excluding hydrogens is 258 g/mol. The summed E-state index contributed by atoms with van der Waals surface area (Å²) in [4.78, 5) is 0. The Bertz CT molecular complexity index is 560. The minimum absolute atomic E-state index is 0.269. The third-order valence-corrected chi connectivity index (χ3v) is 3.36. The van der Waals surface area contributed by atoms with E-state index in [0.717, 1.165) is 18.0 Å². The second-order valence-electron chi connectivity index (χ2n) is 6.01. The Morgan fingerprint density at radius 2 is 1.71 bits per heavy atom. The molecule has 112 valence electrons. The molecule has 0 aliphatic carbocycles. The molecule has 1 unspecified atom stereocenters. The molecule has 0 heterocycles. The molecule has 0 fully saturated rings. The van der Waals surface area contributed by atoms with E-state index in [1.165, 1.54) is 11.1 Å². The zero-order chi connectivity index (χ0) is 15.2. The molecule has 0 spiro atoms. The van der Waals surface area contributed by atoms with Gasteiger partial charge in [-0.2, -0.15) is 0 Å². The Balaban J connectivity index is 1.97. The van der Waals surface area contributed by atoms with Crippen LogP contribution in [0.15, 0.2) is 48.5 Å². The summed E-state index contributed by atoms with van der Waals surface area (Å²) in [5, 5.41) is 3.53. The molecule has 2 aromatic carbocycles. The van der Waals surface area contributed by atoms with Crippen molar-refractivity contribution in [3.63, 3.8) is 0 Å². The number of nitrogens with one attached hydrogen (secondary N) is 1. The van der Waals surface area contributed by atoms with E-state index in [-0.39, 0.29) is 6.04 Å². The molecule has 1 N–H and O–H groups in total. The van der Waals surface area contributed by atoms with Gasteiger partial charge < -0.3 is 10.1 Å². The van der Waals surface area contributed by atoms with Gasteiger partial charge in [0.25, 0.3) is 0 Å². The second-order valence-corrected chi connectivity index (χ2v) is 6.01. The minimum atomic E-state index is 0.269. The standard InChI is InChI=1S/C19H25NO/c1-14(2)13-21-19-10-8-17(9-11-19)16(4)20-18-7-5-6-15(3)12-18/h5-12,14,16,20H,13H2,1-4H3. The van der Waals surface area contributed by atoms with E-state index in [4.69, 9.17) is 4.74 Å². The van der Waals surface area contributed by atoms with Crippen LogP contribution in [0.3, 0.4) is 0 Å². The van der Waals surface area contributed by atoms with Crippen molar-refractivity contribution in [3.8, 4) is 5.75 Å².